The third-order valence-electron chi connectivity index (χ3n) is 12.0. The molecule has 10 aromatic carbocycles. The van der Waals surface area contributed by atoms with Crippen LogP contribution in [0.5, 0.6) is 0 Å². The van der Waals surface area contributed by atoms with Crippen LogP contribution in [0.3, 0.4) is 0 Å². The molecule has 62 heavy (non-hydrogen) atoms. The van der Waals surface area contributed by atoms with Gasteiger partial charge in [-0.1, -0.05) is 200 Å². The van der Waals surface area contributed by atoms with E-state index >= 15 is 0 Å². The average Bonchev–Trinajstić information content (AvgIpc) is 3.70. The monoisotopic (exact) mass is 790 g/mol. The van der Waals surface area contributed by atoms with Crippen molar-refractivity contribution >= 4 is 38.9 Å². The van der Waals surface area contributed by atoms with Gasteiger partial charge in [-0.25, -0.2) is 0 Å². The number of anilines is 3. The van der Waals surface area contributed by atoms with Crippen molar-refractivity contribution in [2.45, 2.75) is 0 Å². The molecule has 2 heteroatoms. The predicted octanol–water partition coefficient (Wildman–Crippen LogP) is 16.6. The maximum absolute atomic E-state index is 2.44. The van der Waals surface area contributed by atoms with Crippen LogP contribution in [0.25, 0.3) is 83.1 Å². The first-order valence-corrected chi connectivity index (χ1v) is 21.3. The van der Waals surface area contributed by atoms with Gasteiger partial charge >= 0.3 is 0 Å². The minimum absolute atomic E-state index is 1.09. The van der Waals surface area contributed by atoms with Gasteiger partial charge in [0, 0.05) is 33.4 Å². The summed E-state index contributed by atoms with van der Waals surface area (Å²) >= 11 is 0. The van der Waals surface area contributed by atoms with Gasteiger partial charge in [-0.3, -0.25) is 0 Å². The second-order valence-corrected chi connectivity index (χ2v) is 15.8. The Labute approximate surface area is 362 Å². The van der Waals surface area contributed by atoms with E-state index in [9.17, 15) is 0 Å². The number of hydrogen-bond acceptors (Lipinski definition) is 1. The van der Waals surface area contributed by atoms with Crippen molar-refractivity contribution in [2.24, 2.45) is 0 Å². The molecule has 2 nitrogen and oxygen atoms in total. The topological polar surface area (TPSA) is 8.17 Å². The quantitative estimate of drug-likeness (QED) is 0.141. The van der Waals surface area contributed by atoms with Crippen LogP contribution in [0.1, 0.15) is 0 Å². The van der Waals surface area contributed by atoms with Gasteiger partial charge in [0.15, 0.2) is 0 Å². The van der Waals surface area contributed by atoms with Crippen molar-refractivity contribution in [3.05, 3.63) is 255 Å². The lowest BCUT2D eigenvalue weighted by atomic mass is 9.97. The van der Waals surface area contributed by atoms with Gasteiger partial charge in [0.1, 0.15) is 0 Å². The third-order valence-corrected chi connectivity index (χ3v) is 12.0. The van der Waals surface area contributed by atoms with Crippen LogP contribution >= 0.6 is 0 Å². The molecule has 0 radical (unpaired) electrons. The summed E-state index contributed by atoms with van der Waals surface area (Å²) in [5, 5.41) is 2.51. The van der Waals surface area contributed by atoms with Gasteiger partial charge in [0.05, 0.1) is 16.7 Å². The van der Waals surface area contributed by atoms with Crippen LogP contribution in [0.15, 0.2) is 255 Å². The normalized spacial score (nSPS) is 11.2. The van der Waals surface area contributed by atoms with Crippen molar-refractivity contribution in [3.63, 3.8) is 0 Å². The van der Waals surface area contributed by atoms with E-state index in [1.54, 1.807) is 0 Å². The Bertz CT molecular complexity index is 3220. The number of aromatic nitrogens is 1. The highest BCUT2D eigenvalue weighted by Gasteiger charge is 2.18. The number of rotatable bonds is 9. The Morgan fingerprint density at radius 1 is 0.242 bits per heavy atom. The molecule has 0 aliphatic heterocycles. The molecule has 292 valence electrons. The largest absolute Gasteiger partial charge is 0.311 e. The number of para-hydroxylation sites is 2. The highest BCUT2D eigenvalue weighted by Crippen LogP contribution is 2.41. The van der Waals surface area contributed by atoms with E-state index in [2.05, 4.69) is 264 Å². The lowest BCUT2D eigenvalue weighted by Crippen LogP contribution is -2.09. The van der Waals surface area contributed by atoms with Gasteiger partial charge in [0.2, 0.25) is 0 Å². The molecule has 0 bridgehead atoms. The number of nitrogens with zero attached hydrogens (tertiary/aromatic N) is 2. The van der Waals surface area contributed by atoms with Gasteiger partial charge in [-0.05, 0) is 105 Å². The maximum atomic E-state index is 2.44. The minimum Gasteiger partial charge on any atom is -0.311 e. The Balaban J connectivity index is 0.979. The Kier molecular flexibility index (Phi) is 9.57. The zero-order chi connectivity index (χ0) is 41.2. The third kappa shape index (κ3) is 6.94. The van der Waals surface area contributed by atoms with Gasteiger partial charge < -0.3 is 9.47 Å². The molecule has 1 aromatic heterocycles. The predicted molar refractivity (Wildman–Crippen MR) is 263 cm³/mol. The molecule has 0 fully saturated rings. The van der Waals surface area contributed by atoms with Crippen LogP contribution < -0.4 is 4.90 Å². The average molecular weight is 791 g/mol. The van der Waals surface area contributed by atoms with E-state index in [1.165, 1.54) is 66.3 Å². The van der Waals surface area contributed by atoms with Gasteiger partial charge in [0.25, 0.3) is 0 Å². The minimum atomic E-state index is 1.09. The van der Waals surface area contributed by atoms with Crippen molar-refractivity contribution < 1.29 is 0 Å². The zero-order valence-corrected chi connectivity index (χ0v) is 34.1. The molecular weight excluding hydrogens is 749 g/mol. The summed E-state index contributed by atoms with van der Waals surface area (Å²) in [6, 6.07) is 92.0. The van der Waals surface area contributed by atoms with Crippen molar-refractivity contribution in [2.75, 3.05) is 4.90 Å². The van der Waals surface area contributed by atoms with Crippen LogP contribution in [0.4, 0.5) is 17.1 Å². The van der Waals surface area contributed by atoms with Crippen LogP contribution in [-0.4, -0.2) is 4.57 Å². The molecule has 0 saturated carbocycles. The fraction of sp³-hybridized carbons (Fsp3) is 0. The van der Waals surface area contributed by atoms with Gasteiger partial charge in [-0.15, -0.1) is 0 Å². The summed E-state index contributed by atoms with van der Waals surface area (Å²) < 4.78 is 2.44. The van der Waals surface area contributed by atoms with Crippen LogP contribution in [0.2, 0.25) is 0 Å². The van der Waals surface area contributed by atoms with Crippen molar-refractivity contribution in [1.82, 2.24) is 4.57 Å². The van der Waals surface area contributed by atoms with E-state index in [0.717, 1.165) is 33.9 Å². The molecule has 0 amide bonds. The SMILES string of the molecule is c1ccc(-c2ccc(-c3ccc(N(c4ccc(-c5ccccc5)cc4)c4ccc(-c5ccc(-c6ccccc6)c(-n6c7ccccc7c7ccccc76)c5)cc4)cc3)cc2)cc1. The molecule has 0 N–H and O–H groups in total. The van der Waals surface area contributed by atoms with Crippen molar-refractivity contribution in [1.29, 1.82) is 0 Å². The second-order valence-electron chi connectivity index (χ2n) is 15.8. The van der Waals surface area contributed by atoms with Gasteiger partial charge in [-0.2, -0.15) is 0 Å². The molecular formula is C60H42N2. The summed E-state index contributed by atoms with van der Waals surface area (Å²) in [6.45, 7) is 0. The van der Waals surface area contributed by atoms with E-state index in [4.69, 9.17) is 0 Å². The highest BCUT2D eigenvalue weighted by atomic mass is 15.1. The number of hydrogen-bond donors (Lipinski definition) is 0. The highest BCUT2D eigenvalue weighted by molar-refractivity contribution is 6.10. The first-order valence-electron chi connectivity index (χ1n) is 21.3. The van der Waals surface area contributed by atoms with Crippen LogP contribution in [-0.2, 0) is 0 Å². The second kappa shape index (κ2) is 16.1. The molecule has 0 aliphatic rings. The first-order chi connectivity index (χ1) is 30.7. The molecule has 0 saturated heterocycles. The Hall–Kier alpha value is -8.20. The van der Waals surface area contributed by atoms with E-state index in [0.29, 0.717) is 0 Å². The fourth-order valence-corrected chi connectivity index (χ4v) is 8.91. The summed E-state index contributed by atoms with van der Waals surface area (Å²) in [5.41, 5.74) is 18.7. The Morgan fingerprint density at radius 3 is 0.968 bits per heavy atom. The molecule has 1 heterocycles. The lowest BCUT2D eigenvalue weighted by molar-refractivity contribution is 1.18. The summed E-state index contributed by atoms with van der Waals surface area (Å²) in [7, 11) is 0. The molecule has 0 spiro atoms. The first kappa shape index (κ1) is 36.8. The van der Waals surface area contributed by atoms with Crippen molar-refractivity contribution in [3.8, 4) is 61.3 Å². The summed E-state index contributed by atoms with van der Waals surface area (Å²) in [5.74, 6) is 0. The molecule has 0 unspecified atom stereocenters. The summed E-state index contributed by atoms with van der Waals surface area (Å²) in [4.78, 5) is 2.35. The zero-order valence-electron chi connectivity index (χ0n) is 34.1. The van der Waals surface area contributed by atoms with Crippen LogP contribution in [0, 0.1) is 0 Å². The number of benzene rings is 10. The molecule has 11 aromatic rings. The van der Waals surface area contributed by atoms with E-state index in [1.807, 2.05) is 0 Å². The smallest absolute Gasteiger partial charge is 0.0546 e. The maximum Gasteiger partial charge on any atom is 0.0546 e. The molecule has 11 rings (SSSR count). The summed E-state index contributed by atoms with van der Waals surface area (Å²) in [6.07, 6.45) is 0. The van der Waals surface area contributed by atoms with E-state index < -0.39 is 0 Å². The molecule has 0 aliphatic carbocycles. The van der Waals surface area contributed by atoms with E-state index in [-0.39, 0.29) is 0 Å². The lowest BCUT2D eigenvalue weighted by Gasteiger charge is -2.26. The number of fused-ring (bicyclic) bond motifs is 3. The fourth-order valence-electron chi connectivity index (χ4n) is 8.91. The standard InChI is InChI=1S/C60H42N2/c1-4-14-43(15-5-1)45-24-26-46(27-25-45)48-30-37-53(38-31-48)61(52-35-28-47(29-36-52)44-16-6-2-7-17-44)54-39-32-49(33-40-54)51-34-41-55(50-18-8-3-9-19-50)60(42-51)62-58-22-12-10-20-56(58)57-21-11-13-23-59(57)62/h1-42H. The molecule has 0 atom stereocenters. The Morgan fingerprint density at radius 2 is 0.548 bits per heavy atom.